The maximum absolute atomic E-state index is 12.5. The van der Waals surface area contributed by atoms with Crippen LogP contribution in [-0.2, 0) is 14.3 Å². The summed E-state index contributed by atoms with van der Waals surface area (Å²) in [5.41, 5.74) is 0. The Morgan fingerprint density at radius 3 is 2.75 bits per heavy atom. The van der Waals surface area contributed by atoms with Crippen molar-refractivity contribution < 1.29 is 19.1 Å². The molecule has 0 aromatic rings. The summed E-state index contributed by atoms with van der Waals surface area (Å²) in [6, 6.07) is 0.155. The third kappa shape index (κ3) is 5.34. The number of nitrogens with one attached hydrogen (secondary N) is 1. The smallest absolute Gasteiger partial charge is 0.317 e. The highest BCUT2D eigenvalue weighted by Gasteiger charge is 2.37. The third-order valence-electron chi connectivity index (χ3n) is 4.67. The molecule has 2 saturated heterocycles. The Balaban J connectivity index is 1.74. The van der Waals surface area contributed by atoms with Crippen LogP contribution in [0.2, 0.25) is 0 Å². The van der Waals surface area contributed by atoms with Crippen molar-refractivity contribution in [1.29, 1.82) is 0 Å². The van der Waals surface area contributed by atoms with Gasteiger partial charge in [-0.15, -0.1) is 0 Å². The fourth-order valence-corrected chi connectivity index (χ4v) is 3.26. The lowest BCUT2D eigenvalue weighted by atomic mass is 9.99. The first-order chi connectivity index (χ1) is 11.4. The molecule has 0 saturated carbocycles. The molecule has 0 aromatic heterocycles. The van der Waals surface area contributed by atoms with E-state index in [0.29, 0.717) is 25.9 Å². The van der Waals surface area contributed by atoms with Crippen LogP contribution in [0, 0.1) is 0 Å². The number of hydrogen-bond acceptors (Lipinski definition) is 5. The van der Waals surface area contributed by atoms with Gasteiger partial charge in [-0.1, -0.05) is 0 Å². The van der Waals surface area contributed by atoms with Crippen molar-refractivity contribution >= 4 is 12.0 Å². The van der Waals surface area contributed by atoms with Crippen molar-refractivity contribution in [3.05, 3.63) is 0 Å². The van der Waals surface area contributed by atoms with E-state index >= 15 is 0 Å². The van der Waals surface area contributed by atoms with Gasteiger partial charge < -0.3 is 19.7 Å². The van der Waals surface area contributed by atoms with Crippen LogP contribution in [0.1, 0.15) is 40.0 Å². The summed E-state index contributed by atoms with van der Waals surface area (Å²) in [7, 11) is 2.09. The Labute approximate surface area is 144 Å². The van der Waals surface area contributed by atoms with E-state index in [4.69, 9.17) is 9.47 Å². The number of likely N-dealkylation sites (tertiary alicyclic amines) is 1. The highest BCUT2D eigenvalue weighted by atomic mass is 16.5. The van der Waals surface area contributed by atoms with Crippen LogP contribution >= 0.6 is 0 Å². The number of carbonyl (C=O) groups is 2. The summed E-state index contributed by atoms with van der Waals surface area (Å²) in [6.45, 7) is 8.66. The molecule has 24 heavy (non-hydrogen) atoms. The van der Waals surface area contributed by atoms with Crippen LogP contribution in [0.15, 0.2) is 0 Å². The Kier molecular flexibility index (Phi) is 6.86. The molecule has 0 aliphatic carbocycles. The van der Waals surface area contributed by atoms with Crippen molar-refractivity contribution in [2.45, 2.75) is 64.3 Å². The summed E-state index contributed by atoms with van der Waals surface area (Å²) >= 11 is 0. The number of morpholine rings is 1. The number of urea groups is 1. The van der Waals surface area contributed by atoms with Crippen molar-refractivity contribution in [1.82, 2.24) is 15.1 Å². The summed E-state index contributed by atoms with van der Waals surface area (Å²) in [5.74, 6) is -0.215. The van der Waals surface area contributed by atoms with Gasteiger partial charge in [0.25, 0.3) is 0 Å². The molecule has 3 atom stereocenters. The van der Waals surface area contributed by atoms with E-state index in [0.717, 1.165) is 19.6 Å². The first-order valence-electron chi connectivity index (χ1n) is 8.93. The second-order valence-electron chi connectivity index (χ2n) is 7.12. The van der Waals surface area contributed by atoms with Gasteiger partial charge in [-0.2, -0.15) is 0 Å². The number of amides is 2. The van der Waals surface area contributed by atoms with Crippen LogP contribution in [-0.4, -0.2) is 79.4 Å². The number of nitrogens with zero attached hydrogens (tertiary/aromatic N) is 2. The fourth-order valence-electron chi connectivity index (χ4n) is 3.26. The average molecular weight is 341 g/mol. The number of hydrogen-bond donors (Lipinski definition) is 1. The molecule has 0 aromatic carbocycles. The zero-order valence-electron chi connectivity index (χ0n) is 15.3. The van der Waals surface area contributed by atoms with Gasteiger partial charge in [0, 0.05) is 32.1 Å². The molecule has 2 aliphatic rings. The van der Waals surface area contributed by atoms with Crippen molar-refractivity contribution in [3.8, 4) is 0 Å². The standard InChI is InChI=1S/C17H31N3O4/c1-12(2)24-16(21)6-5-13(3)18-17(22)20-8-7-15-14(11-20)19(4)9-10-23-15/h12-15H,5-11H2,1-4H3,(H,18,22)/t13-,14+,15+/m1/s1. The highest BCUT2D eigenvalue weighted by molar-refractivity contribution is 5.75. The lowest BCUT2D eigenvalue weighted by molar-refractivity contribution is -0.147. The van der Waals surface area contributed by atoms with Gasteiger partial charge >= 0.3 is 12.0 Å². The van der Waals surface area contributed by atoms with Crippen LogP contribution < -0.4 is 5.32 Å². The van der Waals surface area contributed by atoms with Crippen molar-refractivity contribution in [2.24, 2.45) is 0 Å². The topological polar surface area (TPSA) is 71.1 Å². The molecule has 0 bridgehead atoms. The first kappa shape index (κ1) is 19.0. The van der Waals surface area contributed by atoms with Gasteiger partial charge in [0.2, 0.25) is 0 Å². The maximum atomic E-state index is 12.5. The normalized spacial score (nSPS) is 26.0. The molecule has 2 aliphatic heterocycles. The summed E-state index contributed by atoms with van der Waals surface area (Å²) in [4.78, 5) is 28.2. The van der Waals surface area contributed by atoms with Crippen molar-refractivity contribution in [2.75, 3.05) is 33.3 Å². The third-order valence-corrected chi connectivity index (χ3v) is 4.67. The van der Waals surface area contributed by atoms with Gasteiger partial charge in [-0.25, -0.2) is 4.79 Å². The van der Waals surface area contributed by atoms with Crippen LogP contribution in [0.4, 0.5) is 4.79 Å². The number of fused-ring (bicyclic) bond motifs is 1. The zero-order chi connectivity index (χ0) is 17.7. The van der Waals surface area contributed by atoms with Gasteiger partial charge in [0.05, 0.1) is 24.9 Å². The number of esters is 1. The van der Waals surface area contributed by atoms with E-state index in [-0.39, 0.29) is 36.3 Å². The summed E-state index contributed by atoms with van der Waals surface area (Å²) < 4.78 is 10.9. The molecule has 7 nitrogen and oxygen atoms in total. The van der Waals surface area contributed by atoms with Gasteiger partial charge in [-0.3, -0.25) is 9.69 Å². The summed E-state index contributed by atoms with van der Waals surface area (Å²) in [6.07, 6.45) is 1.91. The SMILES string of the molecule is CC(C)OC(=O)CC[C@@H](C)NC(=O)N1CC[C@@H]2OCCN(C)[C@H]2C1. The van der Waals surface area contributed by atoms with Crippen LogP contribution in [0.25, 0.3) is 0 Å². The molecule has 0 spiro atoms. The van der Waals surface area contributed by atoms with Gasteiger partial charge in [0.1, 0.15) is 0 Å². The van der Waals surface area contributed by atoms with Gasteiger partial charge in [0.15, 0.2) is 0 Å². The molecule has 138 valence electrons. The lowest BCUT2D eigenvalue weighted by Crippen LogP contribution is -2.61. The van der Waals surface area contributed by atoms with Crippen LogP contribution in [0.5, 0.6) is 0 Å². The second kappa shape index (κ2) is 8.67. The quantitative estimate of drug-likeness (QED) is 0.762. The number of carbonyl (C=O) groups excluding carboxylic acids is 2. The monoisotopic (exact) mass is 341 g/mol. The minimum Gasteiger partial charge on any atom is -0.463 e. The van der Waals surface area contributed by atoms with E-state index in [1.54, 1.807) is 0 Å². The Morgan fingerprint density at radius 2 is 2.04 bits per heavy atom. The predicted molar refractivity (Wildman–Crippen MR) is 90.8 cm³/mol. The Hall–Kier alpha value is -1.34. The Morgan fingerprint density at radius 1 is 1.29 bits per heavy atom. The first-order valence-corrected chi connectivity index (χ1v) is 8.93. The molecule has 2 rings (SSSR count). The lowest BCUT2D eigenvalue weighted by Gasteiger charge is -2.45. The molecular formula is C17H31N3O4. The number of rotatable bonds is 5. The molecule has 2 fully saturated rings. The largest absolute Gasteiger partial charge is 0.463 e. The fraction of sp³-hybridized carbons (Fsp3) is 0.882. The molecule has 0 radical (unpaired) electrons. The number of piperidine rings is 1. The van der Waals surface area contributed by atoms with Crippen molar-refractivity contribution in [3.63, 3.8) is 0 Å². The number of ether oxygens (including phenoxy) is 2. The molecule has 7 heteroatoms. The minimum absolute atomic E-state index is 0.0582. The summed E-state index contributed by atoms with van der Waals surface area (Å²) in [5, 5.41) is 2.99. The van der Waals surface area contributed by atoms with Crippen LogP contribution in [0.3, 0.4) is 0 Å². The molecule has 2 heterocycles. The molecule has 0 unspecified atom stereocenters. The highest BCUT2D eigenvalue weighted by Crippen LogP contribution is 2.22. The molecule has 2 amide bonds. The van der Waals surface area contributed by atoms with E-state index in [1.165, 1.54) is 0 Å². The number of likely N-dealkylation sites (N-methyl/N-ethyl adjacent to an activating group) is 1. The second-order valence-corrected chi connectivity index (χ2v) is 7.12. The zero-order valence-corrected chi connectivity index (χ0v) is 15.3. The average Bonchev–Trinajstić information content (AvgIpc) is 2.52. The van der Waals surface area contributed by atoms with E-state index < -0.39 is 0 Å². The molecular weight excluding hydrogens is 310 g/mol. The van der Waals surface area contributed by atoms with E-state index in [1.807, 2.05) is 25.7 Å². The minimum atomic E-state index is -0.215. The van der Waals surface area contributed by atoms with E-state index in [9.17, 15) is 9.59 Å². The Bertz CT molecular complexity index is 444. The van der Waals surface area contributed by atoms with Gasteiger partial charge in [-0.05, 0) is 40.7 Å². The molecule has 1 N–H and O–H groups in total. The predicted octanol–water partition coefficient (Wildman–Crippen LogP) is 1.22. The maximum Gasteiger partial charge on any atom is 0.317 e. The van der Waals surface area contributed by atoms with E-state index in [2.05, 4.69) is 17.3 Å².